The van der Waals surface area contributed by atoms with E-state index in [0.29, 0.717) is 0 Å². The molecule has 0 saturated carbocycles. The van der Waals surface area contributed by atoms with Gasteiger partial charge in [0.2, 0.25) is 0 Å². The second kappa shape index (κ2) is 6.03. The van der Waals surface area contributed by atoms with Crippen molar-refractivity contribution in [3.05, 3.63) is 40.5 Å². The van der Waals surface area contributed by atoms with Crippen LogP contribution in [0.25, 0.3) is 11.3 Å². The lowest BCUT2D eigenvalue weighted by molar-refractivity contribution is 0.420. The normalized spacial score (nSPS) is 10.8. The van der Waals surface area contributed by atoms with E-state index in [-0.39, 0.29) is 0 Å². The first-order chi connectivity index (χ1) is 8.72. The number of hydrogen-bond donors (Lipinski definition) is 1. The Labute approximate surface area is 112 Å². The van der Waals surface area contributed by atoms with E-state index < -0.39 is 0 Å². The summed E-state index contributed by atoms with van der Waals surface area (Å²) in [5, 5.41) is 8.16. The topological polar surface area (TPSA) is 38.1 Å². The number of benzene rings is 1. The van der Waals surface area contributed by atoms with Crippen molar-refractivity contribution < 1.29 is 4.52 Å². The van der Waals surface area contributed by atoms with E-state index in [4.69, 9.17) is 16.1 Å². The molecule has 0 bridgehead atoms. The first-order valence-corrected chi connectivity index (χ1v) is 6.52. The molecule has 2 rings (SSSR count). The molecule has 96 valence electrons. The molecule has 1 N–H and O–H groups in total. The van der Waals surface area contributed by atoms with Crippen molar-refractivity contribution in [3.8, 4) is 11.3 Å². The summed E-state index contributed by atoms with van der Waals surface area (Å²) in [6.45, 7) is 5.91. The zero-order valence-corrected chi connectivity index (χ0v) is 11.4. The monoisotopic (exact) mass is 264 g/mol. The molecule has 0 spiro atoms. The Bertz CT molecular complexity index is 505. The summed E-state index contributed by atoms with van der Waals surface area (Å²) in [5.41, 5.74) is 3.06. The van der Waals surface area contributed by atoms with Gasteiger partial charge in [-0.1, -0.05) is 23.7 Å². The van der Waals surface area contributed by atoms with Crippen LogP contribution < -0.4 is 5.32 Å². The smallest absolute Gasteiger partial charge is 0.170 e. The Kier molecular flexibility index (Phi) is 4.39. The Morgan fingerprint density at radius 3 is 2.67 bits per heavy atom. The van der Waals surface area contributed by atoms with Crippen LogP contribution in [0.4, 0.5) is 0 Å². The highest BCUT2D eigenvalue weighted by Gasteiger charge is 2.13. The zero-order valence-electron chi connectivity index (χ0n) is 10.7. The summed E-state index contributed by atoms with van der Waals surface area (Å²) in [6, 6.07) is 7.60. The van der Waals surface area contributed by atoms with E-state index >= 15 is 0 Å². The van der Waals surface area contributed by atoms with Crippen LogP contribution >= 0.6 is 11.6 Å². The molecule has 0 aliphatic carbocycles. The molecule has 0 atom stereocenters. The summed E-state index contributed by atoms with van der Waals surface area (Å²) in [7, 11) is 0. The largest absolute Gasteiger partial charge is 0.356 e. The first kappa shape index (κ1) is 13.1. The molecule has 1 aromatic heterocycles. The van der Waals surface area contributed by atoms with Crippen LogP contribution in [0.5, 0.6) is 0 Å². The molecular formula is C14H17ClN2O. The highest BCUT2D eigenvalue weighted by atomic mass is 35.5. The Morgan fingerprint density at radius 2 is 2.00 bits per heavy atom. The van der Waals surface area contributed by atoms with Gasteiger partial charge in [-0.25, -0.2) is 0 Å². The predicted molar refractivity (Wildman–Crippen MR) is 73.7 cm³/mol. The van der Waals surface area contributed by atoms with Gasteiger partial charge in [0.1, 0.15) is 5.69 Å². The lowest BCUT2D eigenvalue weighted by Crippen LogP contribution is -2.14. The summed E-state index contributed by atoms with van der Waals surface area (Å²) in [6.07, 6.45) is 1.11. The fourth-order valence-corrected chi connectivity index (χ4v) is 1.91. The minimum absolute atomic E-state index is 0.723. The number of halogens is 1. The van der Waals surface area contributed by atoms with E-state index in [2.05, 4.69) is 17.4 Å². The molecule has 0 aliphatic rings. The van der Waals surface area contributed by atoms with Crippen molar-refractivity contribution in [2.24, 2.45) is 0 Å². The Balaban J connectivity index is 2.17. The van der Waals surface area contributed by atoms with E-state index in [0.717, 1.165) is 47.1 Å². The van der Waals surface area contributed by atoms with Gasteiger partial charge >= 0.3 is 0 Å². The van der Waals surface area contributed by atoms with Gasteiger partial charge in [-0.05, 0) is 44.2 Å². The maximum Gasteiger partial charge on any atom is 0.170 e. The van der Waals surface area contributed by atoms with Crippen LogP contribution in [0.15, 0.2) is 28.8 Å². The SMILES string of the molecule is CCCNCc1noc(-c2ccc(Cl)cc2)c1C. The number of nitrogens with zero attached hydrogens (tertiary/aromatic N) is 1. The molecule has 0 unspecified atom stereocenters. The third-order valence-electron chi connectivity index (χ3n) is 2.85. The van der Waals surface area contributed by atoms with Crippen LogP contribution in [0, 0.1) is 6.92 Å². The maximum absolute atomic E-state index is 5.87. The predicted octanol–water partition coefficient (Wildman–Crippen LogP) is 3.80. The number of hydrogen-bond acceptors (Lipinski definition) is 3. The second-order valence-corrected chi connectivity index (χ2v) is 4.70. The third kappa shape index (κ3) is 2.92. The van der Waals surface area contributed by atoms with E-state index in [9.17, 15) is 0 Å². The van der Waals surface area contributed by atoms with Gasteiger partial charge in [0, 0.05) is 22.7 Å². The molecule has 1 heterocycles. The van der Waals surface area contributed by atoms with Crippen molar-refractivity contribution in [2.75, 3.05) is 6.54 Å². The van der Waals surface area contributed by atoms with Crippen LogP contribution in [-0.4, -0.2) is 11.7 Å². The van der Waals surface area contributed by atoms with Gasteiger partial charge in [0.25, 0.3) is 0 Å². The van der Waals surface area contributed by atoms with Crippen LogP contribution in [-0.2, 0) is 6.54 Å². The summed E-state index contributed by atoms with van der Waals surface area (Å²) >= 11 is 5.87. The van der Waals surface area contributed by atoms with Gasteiger partial charge in [-0.2, -0.15) is 0 Å². The Hall–Kier alpha value is -1.32. The molecule has 1 aromatic carbocycles. The minimum atomic E-state index is 0.723. The minimum Gasteiger partial charge on any atom is -0.356 e. The number of aromatic nitrogens is 1. The van der Waals surface area contributed by atoms with E-state index in [1.807, 2.05) is 31.2 Å². The molecule has 0 fully saturated rings. The highest BCUT2D eigenvalue weighted by Crippen LogP contribution is 2.26. The van der Waals surface area contributed by atoms with Crippen molar-refractivity contribution in [1.29, 1.82) is 0 Å². The standard InChI is InChI=1S/C14H17ClN2O/c1-3-8-16-9-13-10(2)14(18-17-13)11-4-6-12(15)7-5-11/h4-7,16H,3,8-9H2,1-2H3. The van der Waals surface area contributed by atoms with Crippen molar-refractivity contribution in [2.45, 2.75) is 26.8 Å². The lowest BCUT2D eigenvalue weighted by atomic mass is 10.1. The van der Waals surface area contributed by atoms with Crippen molar-refractivity contribution in [1.82, 2.24) is 10.5 Å². The van der Waals surface area contributed by atoms with Crippen molar-refractivity contribution in [3.63, 3.8) is 0 Å². The molecule has 3 nitrogen and oxygen atoms in total. The quantitative estimate of drug-likeness (QED) is 0.835. The average molecular weight is 265 g/mol. The maximum atomic E-state index is 5.87. The van der Waals surface area contributed by atoms with Gasteiger partial charge in [0.15, 0.2) is 5.76 Å². The molecule has 4 heteroatoms. The van der Waals surface area contributed by atoms with Crippen LogP contribution in [0.1, 0.15) is 24.6 Å². The van der Waals surface area contributed by atoms with Crippen LogP contribution in [0.2, 0.25) is 5.02 Å². The summed E-state index contributed by atoms with van der Waals surface area (Å²) < 4.78 is 5.42. The fourth-order valence-electron chi connectivity index (χ4n) is 1.79. The Morgan fingerprint density at radius 1 is 1.28 bits per heavy atom. The summed E-state index contributed by atoms with van der Waals surface area (Å²) in [5.74, 6) is 0.819. The molecule has 0 amide bonds. The van der Waals surface area contributed by atoms with Crippen LogP contribution in [0.3, 0.4) is 0 Å². The molecule has 2 aromatic rings. The fraction of sp³-hybridized carbons (Fsp3) is 0.357. The van der Waals surface area contributed by atoms with E-state index in [1.54, 1.807) is 0 Å². The molecule has 18 heavy (non-hydrogen) atoms. The first-order valence-electron chi connectivity index (χ1n) is 6.14. The second-order valence-electron chi connectivity index (χ2n) is 4.27. The molecule has 0 saturated heterocycles. The molecular weight excluding hydrogens is 248 g/mol. The number of nitrogens with one attached hydrogen (secondary N) is 1. The van der Waals surface area contributed by atoms with Crippen molar-refractivity contribution >= 4 is 11.6 Å². The van der Waals surface area contributed by atoms with Gasteiger partial charge < -0.3 is 9.84 Å². The lowest BCUT2D eigenvalue weighted by Gasteiger charge is -2.00. The van der Waals surface area contributed by atoms with Gasteiger partial charge in [-0.3, -0.25) is 0 Å². The third-order valence-corrected chi connectivity index (χ3v) is 3.10. The average Bonchev–Trinajstić information content (AvgIpc) is 2.73. The zero-order chi connectivity index (χ0) is 13.0. The number of rotatable bonds is 5. The summed E-state index contributed by atoms with van der Waals surface area (Å²) in [4.78, 5) is 0. The highest BCUT2D eigenvalue weighted by molar-refractivity contribution is 6.30. The van der Waals surface area contributed by atoms with E-state index in [1.165, 1.54) is 0 Å². The molecule has 0 radical (unpaired) electrons. The molecule has 0 aliphatic heterocycles. The van der Waals surface area contributed by atoms with Gasteiger partial charge in [-0.15, -0.1) is 0 Å². The van der Waals surface area contributed by atoms with Gasteiger partial charge in [0.05, 0.1) is 0 Å².